The van der Waals surface area contributed by atoms with Gasteiger partial charge < -0.3 is 4.90 Å². The van der Waals surface area contributed by atoms with Gasteiger partial charge in [0.05, 0.1) is 12.6 Å². The van der Waals surface area contributed by atoms with Gasteiger partial charge in [-0.15, -0.1) is 0 Å². The summed E-state index contributed by atoms with van der Waals surface area (Å²) < 4.78 is 0. The van der Waals surface area contributed by atoms with Gasteiger partial charge in [-0.1, -0.05) is 43.2 Å². The fourth-order valence-electron chi connectivity index (χ4n) is 5.39. The quantitative estimate of drug-likeness (QED) is 0.749. The number of hydrogen-bond acceptors (Lipinski definition) is 4. The fourth-order valence-corrected chi connectivity index (χ4v) is 5.39. The third-order valence-corrected chi connectivity index (χ3v) is 7.08. The van der Waals surface area contributed by atoms with Crippen LogP contribution in [-0.2, 0) is 22.6 Å². The summed E-state index contributed by atoms with van der Waals surface area (Å²) in [5, 5.41) is 0. The Morgan fingerprint density at radius 1 is 1.03 bits per heavy atom. The lowest BCUT2D eigenvalue weighted by Gasteiger charge is -2.31. The van der Waals surface area contributed by atoms with Gasteiger partial charge in [-0.3, -0.25) is 14.5 Å². The molecule has 0 bridgehead atoms. The van der Waals surface area contributed by atoms with Crippen molar-refractivity contribution in [3.8, 4) is 0 Å². The highest BCUT2D eigenvalue weighted by Gasteiger charge is 2.38. The van der Waals surface area contributed by atoms with Crippen molar-refractivity contribution in [3.63, 3.8) is 0 Å². The molecule has 0 spiro atoms. The Bertz CT molecular complexity index is 985. The molecule has 1 aliphatic carbocycles. The minimum Gasteiger partial charge on any atom is -0.332 e. The monoisotopic (exact) mass is 418 g/mol. The number of carbonyl (C=O) groups excluding carboxylic acids is 2. The van der Waals surface area contributed by atoms with Gasteiger partial charge in [0.15, 0.2) is 5.82 Å². The number of amides is 2. The Balaban J connectivity index is 1.47. The molecule has 1 saturated heterocycles. The Labute approximate surface area is 183 Å². The topological polar surface area (TPSA) is 66.4 Å². The van der Waals surface area contributed by atoms with Crippen LogP contribution in [-0.4, -0.2) is 33.2 Å². The van der Waals surface area contributed by atoms with Crippen molar-refractivity contribution < 1.29 is 9.59 Å². The summed E-state index contributed by atoms with van der Waals surface area (Å²) in [6.45, 7) is 3.31. The SMILES string of the molecule is Cc1nc(C2CCCN2C(=O)C2CCCC2)nc2c1CCC(=O)N2Cc1ccccc1. The average molecular weight is 419 g/mol. The fraction of sp³-hybridized carbons (Fsp3) is 0.520. The number of fused-ring (bicyclic) bond motifs is 1. The van der Waals surface area contributed by atoms with E-state index in [2.05, 4.69) is 0 Å². The Kier molecular flexibility index (Phi) is 5.47. The van der Waals surface area contributed by atoms with E-state index in [1.165, 1.54) is 0 Å². The van der Waals surface area contributed by atoms with Gasteiger partial charge in [-0.2, -0.15) is 0 Å². The summed E-state index contributed by atoms with van der Waals surface area (Å²) in [6.07, 6.45) is 7.36. The number of rotatable bonds is 4. The van der Waals surface area contributed by atoms with Gasteiger partial charge in [-0.25, -0.2) is 9.97 Å². The molecule has 1 saturated carbocycles. The molecule has 162 valence electrons. The summed E-state index contributed by atoms with van der Waals surface area (Å²) >= 11 is 0. The second-order valence-corrected chi connectivity index (χ2v) is 9.11. The average Bonchev–Trinajstić information content (AvgIpc) is 3.48. The number of nitrogens with zero attached hydrogens (tertiary/aromatic N) is 4. The summed E-state index contributed by atoms with van der Waals surface area (Å²) in [7, 11) is 0. The first-order valence-electron chi connectivity index (χ1n) is 11.6. The van der Waals surface area contributed by atoms with Crippen molar-refractivity contribution >= 4 is 17.6 Å². The van der Waals surface area contributed by atoms with Crippen LogP contribution in [0.25, 0.3) is 0 Å². The minimum absolute atomic E-state index is 0.0762. The molecule has 2 aromatic rings. The van der Waals surface area contributed by atoms with Crippen LogP contribution < -0.4 is 4.90 Å². The second kappa shape index (κ2) is 8.40. The van der Waals surface area contributed by atoms with Crippen molar-refractivity contribution in [2.75, 3.05) is 11.4 Å². The second-order valence-electron chi connectivity index (χ2n) is 9.11. The van der Waals surface area contributed by atoms with E-state index in [0.29, 0.717) is 25.2 Å². The number of benzene rings is 1. The van der Waals surface area contributed by atoms with E-state index in [0.717, 1.165) is 67.7 Å². The molecule has 1 aromatic heterocycles. The first kappa shape index (κ1) is 20.2. The van der Waals surface area contributed by atoms with Crippen molar-refractivity contribution in [1.82, 2.24) is 14.9 Å². The molecule has 2 aliphatic heterocycles. The smallest absolute Gasteiger partial charge is 0.228 e. The number of hydrogen-bond donors (Lipinski definition) is 0. The van der Waals surface area contributed by atoms with Crippen molar-refractivity contribution in [2.45, 2.75) is 70.9 Å². The van der Waals surface area contributed by atoms with Crippen LogP contribution in [0, 0.1) is 12.8 Å². The molecule has 1 unspecified atom stereocenters. The van der Waals surface area contributed by atoms with E-state index in [9.17, 15) is 9.59 Å². The van der Waals surface area contributed by atoms with E-state index in [1.807, 2.05) is 47.1 Å². The lowest BCUT2D eigenvalue weighted by molar-refractivity contribution is -0.136. The Morgan fingerprint density at radius 2 is 1.81 bits per heavy atom. The van der Waals surface area contributed by atoms with E-state index < -0.39 is 0 Å². The van der Waals surface area contributed by atoms with E-state index in [1.54, 1.807) is 0 Å². The molecule has 3 aliphatic rings. The number of aryl methyl sites for hydroxylation is 1. The van der Waals surface area contributed by atoms with Gasteiger partial charge in [0.1, 0.15) is 5.82 Å². The molecule has 2 fully saturated rings. The van der Waals surface area contributed by atoms with E-state index >= 15 is 0 Å². The molecule has 5 rings (SSSR count). The van der Waals surface area contributed by atoms with Crippen LogP contribution in [0.2, 0.25) is 0 Å². The number of carbonyl (C=O) groups is 2. The van der Waals surface area contributed by atoms with Gasteiger partial charge in [-0.05, 0) is 44.6 Å². The van der Waals surface area contributed by atoms with Crippen LogP contribution in [0.15, 0.2) is 30.3 Å². The van der Waals surface area contributed by atoms with Gasteiger partial charge in [0, 0.05) is 30.1 Å². The highest BCUT2D eigenvalue weighted by Crippen LogP contribution is 2.37. The summed E-state index contributed by atoms with van der Waals surface area (Å²) in [5.74, 6) is 1.98. The predicted molar refractivity (Wildman–Crippen MR) is 118 cm³/mol. The largest absolute Gasteiger partial charge is 0.332 e. The van der Waals surface area contributed by atoms with Crippen molar-refractivity contribution in [3.05, 3.63) is 53.0 Å². The number of likely N-dealkylation sites (tertiary alicyclic amines) is 1. The molecule has 3 heterocycles. The maximum absolute atomic E-state index is 13.2. The Morgan fingerprint density at radius 3 is 2.58 bits per heavy atom. The highest BCUT2D eigenvalue weighted by molar-refractivity contribution is 5.95. The lowest BCUT2D eigenvalue weighted by atomic mass is 10.0. The van der Waals surface area contributed by atoms with E-state index in [4.69, 9.17) is 9.97 Å². The van der Waals surface area contributed by atoms with Crippen molar-refractivity contribution in [1.29, 1.82) is 0 Å². The van der Waals surface area contributed by atoms with Gasteiger partial charge in [0.2, 0.25) is 11.8 Å². The van der Waals surface area contributed by atoms with Crippen LogP contribution in [0.4, 0.5) is 5.82 Å². The predicted octanol–water partition coefficient (Wildman–Crippen LogP) is 4.12. The maximum Gasteiger partial charge on any atom is 0.228 e. The lowest BCUT2D eigenvalue weighted by Crippen LogP contribution is -2.38. The van der Waals surface area contributed by atoms with Crippen LogP contribution >= 0.6 is 0 Å². The highest BCUT2D eigenvalue weighted by atomic mass is 16.2. The van der Waals surface area contributed by atoms with Gasteiger partial charge >= 0.3 is 0 Å². The van der Waals surface area contributed by atoms with Crippen LogP contribution in [0.5, 0.6) is 0 Å². The number of aromatic nitrogens is 2. The standard InChI is InChI=1S/C25H30N4O2/c1-17-20-13-14-22(30)29(16-18-8-3-2-4-9-18)24(20)27-23(26-17)21-12-7-15-28(21)25(31)19-10-5-6-11-19/h2-4,8-9,19,21H,5-7,10-16H2,1H3. The van der Waals surface area contributed by atoms with E-state index in [-0.39, 0.29) is 23.8 Å². The van der Waals surface area contributed by atoms with Crippen LogP contribution in [0.3, 0.4) is 0 Å². The Hall–Kier alpha value is -2.76. The third-order valence-electron chi connectivity index (χ3n) is 7.08. The zero-order valence-electron chi connectivity index (χ0n) is 18.2. The maximum atomic E-state index is 13.2. The van der Waals surface area contributed by atoms with Crippen LogP contribution in [0.1, 0.15) is 73.6 Å². The molecule has 1 aromatic carbocycles. The summed E-state index contributed by atoms with van der Waals surface area (Å²) in [4.78, 5) is 39.6. The minimum atomic E-state index is -0.0762. The molecular weight excluding hydrogens is 388 g/mol. The zero-order valence-corrected chi connectivity index (χ0v) is 18.2. The molecule has 6 nitrogen and oxygen atoms in total. The summed E-state index contributed by atoms with van der Waals surface area (Å²) in [5.41, 5.74) is 3.08. The molecule has 31 heavy (non-hydrogen) atoms. The molecule has 6 heteroatoms. The zero-order chi connectivity index (χ0) is 21.4. The molecule has 2 amide bonds. The number of anilines is 1. The molecule has 1 atom stereocenters. The van der Waals surface area contributed by atoms with Crippen molar-refractivity contribution in [2.24, 2.45) is 5.92 Å². The summed E-state index contributed by atoms with van der Waals surface area (Å²) in [6, 6.07) is 9.97. The first-order chi connectivity index (χ1) is 15.1. The molecule has 0 N–H and O–H groups in total. The molecular formula is C25H30N4O2. The van der Waals surface area contributed by atoms with Gasteiger partial charge in [0.25, 0.3) is 0 Å². The molecule has 0 radical (unpaired) electrons. The normalized spacial score (nSPS) is 21.6. The third kappa shape index (κ3) is 3.84. The first-order valence-corrected chi connectivity index (χ1v) is 11.6.